The van der Waals surface area contributed by atoms with Crippen LogP contribution >= 0.6 is 0 Å². The number of carbonyl (C=O) groups is 2. The van der Waals surface area contributed by atoms with Gasteiger partial charge < -0.3 is 15.2 Å². The van der Waals surface area contributed by atoms with Crippen LogP contribution in [0.25, 0.3) is 0 Å². The van der Waals surface area contributed by atoms with Gasteiger partial charge in [-0.2, -0.15) is 0 Å². The Labute approximate surface area is 123 Å². The van der Waals surface area contributed by atoms with Crippen molar-refractivity contribution in [2.75, 3.05) is 13.7 Å². The van der Waals surface area contributed by atoms with Crippen LogP contribution in [0.15, 0.2) is 24.3 Å². The predicted molar refractivity (Wildman–Crippen MR) is 75.3 cm³/mol. The minimum atomic E-state index is -1.58. The molecule has 116 valence electrons. The monoisotopic (exact) mass is 297 g/mol. The molecule has 2 N–H and O–H groups in total. The van der Waals surface area contributed by atoms with Crippen molar-refractivity contribution in [1.82, 2.24) is 5.32 Å². The predicted octanol–water partition coefficient (Wildman–Crippen LogP) is 2.06. The Bertz CT molecular complexity index is 489. The first-order valence-electron chi connectivity index (χ1n) is 6.69. The van der Waals surface area contributed by atoms with E-state index in [9.17, 15) is 19.1 Å². The number of nitrogens with one attached hydrogen (secondary N) is 1. The second kappa shape index (κ2) is 7.73. The highest BCUT2D eigenvalue weighted by atomic mass is 19.1. The molecule has 1 amide bonds. The number of rotatable bonds is 8. The summed E-state index contributed by atoms with van der Waals surface area (Å²) in [6.07, 6.45) is 1.55. The van der Waals surface area contributed by atoms with E-state index in [1.807, 2.05) is 0 Å². The van der Waals surface area contributed by atoms with Crippen molar-refractivity contribution < 1.29 is 23.8 Å². The average Bonchev–Trinajstić information content (AvgIpc) is 2.44. The lowest BCUT2D eigenvalue weighted by atomic mass is 9.91. The fourth-order valence-electron chi connectivity index (χ4n) is 1.91. The molecule has 1 aromatic rings. The third-order valence-corrected chi connectivity index (χ3v) is 3.24. The van der Waals surface area contributed by atoms with Gasteiger partial charge in [0, 0.05) is 20.1 Å². The molecule has 0 saturated heterocycles. The van der Waals surface area contributed by atoms with E-state index in [-0.39, 0.29) is 12.3 Å². The smallest absolute Gasteiger partial charge is 0.333 e. The fraction of sp³-hybridized carbons (Fsp3) is 0.467. The van der Waals surface area contributed by atoms with Crippen LogP contribution in [-0.4, -0.2) is 30.7 Å². The van der Waals surface area contributed by atoms with Crippen LogP contribution in [0, 0.1) is 5.82 Å². The standard InChI is InChI=1S/C15H20FNO4/c1-15(14(19)20,11-6-8-12(16)9-7-11)17-13(18)5-3-4-10-21-2/h6-9H,3-5,10H2,1-2H3,(H,17,18)(H,19,20). The number of benzene rings is 1. The molecule has 0 bridgehead atoms. The second-order valence-corrected chi connectivity index (χ2v) is 4.94. The lowest BCUT2D eigenvalue weighted by molar-refractivity contribution is -0.147. The molecule has 0 fully saturated rings. The molecule has 0 aromatic heterocycles. The maximum Gasteiger partial charge on any atom is 0.333 e. The normalized spacial score (nSPS) is 13.5. The third-order valence-electron chi connectivity index (χ3n) is 3.24. The Morgan fingerprint density at radius 1 is 1.29 bits per heavy atom. The zero-order chi connectivity index (χ0) is 15.9. The first-order chi connectivity index (χ1) is 9.90. The molecular formula is C15H20FNO4. The summed E-state index contributed by atoms with van der Waals surface area (Å²) >= 11 is 0. The van der Waals surface area contributed by atoms with E-state index >= 15 is 0 Å². The van der Waals surface area contributed by atoms with Crippen molar-refractivity contribution in [2.45, 2.75) is 31.7 Å². The minimum absolute atomic E-state index is 0.216. The zero-order valence-electron chi connectivity index (χ0n) is 12.2. The van der Waals surface area contributed by atoms with Crippen molar-refractivity contribution in [1.29, 1.82) is 0 Å². The molecular weight excluding hydrogens is 277 g/mol. The number of carboxylic acids is 1. The molecule has 0 saturated carbocycles. The first kappa shape index (κ1) is 17.1. The lowest BCUT2D eigenvalue weighted by Gasteiger charge is -2.26. The molecule has 1 aromatic carbocycles. The van der Waals surface area contributed by atoms with Crippen molar-refractivity contribution in [3.8, 4) is 0 Å². The van der Waals surface area contributed by atoms with Crippen LogP contribution in [0.1, 0.15) is 31.7 Å². The van der Waals surface area contributed by atoms with Crippen molar-refractivity contribution >= 4 is 11.9 Å². The molecule has 1 unspecified atom stereocenters. The Morgan fingerprint density at radius 2 is 1.90 bits per heavy atom. The Balaban J connectivity index is 2.74. The van der Waals surface area contributed by atoms with Crippen LogP contribution in [-0.2, 0) is 19.9 Å². The molecule has 6 heteroatoms. The van der Waals surface area contributed by atoms with Crippen LogP contribution in [0.4, 0.5) is 4.39 Å². The molecule has 0 radical (unpaired) electrons. The number of halogens is 1. The molecule has 1 rings (SSSR count). The summed E-state index contributed by atoms with van der Waals surface area (Å²) in [5.41, 5.74) is -1.26. The van der Waals surface area contributed by atoms with E-state index < -0.39 is 17.3 Å². The SMILES string of the molecule is COCCCCC(=O)NC(C)(C(=O)O)c1ccc(F)cc1. The number of ether oxygens (including phenoxy) is 1. The van der Waals surface area contributed by atoms with Gasteiger partial charge >= 0.3 is 5.97 Å². The summed E-state index contributed by atoms with van der Waals surface area (Å²) in [5, 5.41) is 11.9. The molecule has 0 heterocycles. The first-order valence-corrected chi connectivity index (χ1v) is 6.69. The van der Waals surface area contributed by atoms with Crippen LogP contribution in [0.2, 0.25) is 0 Å². The maximum atomic E-state index is 12.9. The van der Waals surface area contributed by atoms with Gasteiger partial charge in [0.05, 0.1) is 0 Å². The van der Waals surface area contributed by atoms with E-state index in [2.05, 4.69) is 5.32 Å². The zero-order valence-corrected chi connectivity index (χ0v) is 12.2. The molecule has 5 nitrogen and oxygen atoms in total. The number of amides is 1. The number of carboxylic acid groups (broad SMARTS) is 1. The summed E-state index contributed by atoms with van der Waals surface area (Å²) in [6.45, 7) is 1.94. The lowest BCUT2D eigenvalue weighted by Crippen LogP contribution is -2.49. The van der Waals surface area contributed by atoms with Gasteiger partial charge in [-0.05, 0) is 37.5 Å². The van der Waals surface area contributed by atoms with Gasteiger partial charge in [-0.1, -0.05) is 12.1 Å². The van der Waals surface area contributed by atoms with E-state index in [1.165, 1.54) is 31.2 Å². The number of hydrogen-bond acceptors (Lipinski definition) is 3. The summed E-state index contributed by atoms with van der Waals surface area (Å²) in [6, 6.07) is 5.05. The topological polar surface area (TPSA) is 75.6 Å². The van der Waals surface area contributed by atoms with Crippen molar-refractivity contribution in [3.05, 3.63) is 35.6 Å². The molecule has 0 aliphatic carbocycles. The quantitative estimate of drug-likeness (QED) is 0.720. The maximum absolute atomic E-state index is 12.9. The molecule has 0 spiro atoms. The van der Waals surface area contributed by atoms with E-state index in [0.29, 0.717) is 18.6 Å². The van der Waals surface area contributed by atoms with Crippen LogP contribution < -0.4 is 5.32 Å². The van der Waals surface area contributed by atoms with E-state index in [0.717, 1.165) is 6.42 Å². The molecule has 0 aliphatic rings. The van der Waals surface area contributed by atoms with E-state index in [1.54, 1.807) is 7.11 Å². The highest BCUT2D eigenvalue weighted by Gasteiger charge is 2.36. The van der Waals surface area contributed by atoms with Gasteiger partial charge in [-0.3, -0.25) is 4.79 Å². The van der Waals surface area contributed by atoms with Gasteiger partial charge in [0.1, 0.15) is 5.82 Å². The molecule has 21 heavy (non-hydrogen) atoms. The average molecular weight is 297 g/mol. The second-order valence-electron chi connectivity index (χ2n) is 4.94. The van der Waals surface area contributed by atoms with Gasteiger partial charge in [-0.15, -0.1) is 0 Å². The number of unbranched alkanes of at least 4 members (excludes halogenated alkanes) is 1. The summed E-state index contributed by atoms with van der Waals surface area (Å²) in [7, 11) is 1.58. The molecule has 1 atom stereocenters. The Morgan fingerprint density at radius 3 is 2.43 bits per heavy atom. The van der Waals surface area contributed by atoms with Crippen LogP contribution in [0.3, 0.4) is 0 Å². The van der Waals surface area contributed by atoms with Crippen molar-refractivity contribution in [2.24, 2.45) is 0 Å². The third kappa shape index (κ3) is 4.82. The highest BCUT2D eigenvalue weighted by molar-refractivity contribution is 5.87. The summed E-state index contributed by atoms with van der Waals surface area (Å²) in [5.74, 6) is -2.02. The Hall–Kier alpha value is -1.95. The molecule has 0 aliphatic heterocycles. The van der Waals surface area contributed by atoms with Crippen LogP contribution in [0.5, 0.6) is 0 Å². The number of aliphatic carboxylic acids is 1. The highest BCUT2D eigenvalue weighted by Crippen LogP contribution is 2.22. The van der Waals surface area contributed by atoms with Gasteiger partial charge in [0.25, 0.3) is 0 Å². The van der Waals surface area contributed by atoms with Gasteiger partial charge in [-0.25, -0.2) is 9.18 Å². The summed E-state index contributed by atoms with van der Waals surface area (Å²) in [4.78, 5) is 23.4. The fourth-order valence-corrected chi connectivity index (χ4v) is 1.91. The van der Waals surface area contributed by atoms with Crippen molar-refractivity contribution in [3.63, 3.8) is 0 Å². The number of methoxy groups -OCH3 is 1. The van der Waals surface area contributed by atoms with Gasteiger partial charge in [0.15, 0.2) is 5.54 Å². The Kier molecular flexibility index (Phi) is 6.30. The largest absolute Gasteiger partial charge is 0.479 e. The number of carbonyl (C=O) groups excluding carboxylic acids is 1. The number of hydrogen-bond donors (Lipinski definition) is 2. The van der Waals surface area contributed by atoms with E-state index in [4.69, 9.17) is 4.74 Å². The minimum Gasteiger partial charge on any atom is -0.479 e. The van der Waals surface area contributed by atoms with Gasteiger partial charge in [0.2, 0.25) is 5.91 Å². The summed E-state index contributed by atoms with van der Waals surface area (Å²) < 4.78 is 17.8.